The standard InChI is InChI=1S/C27H29N3O5/c1-3-7-21(8-4-1)32-18-23-17-30(27(35-23)11-5-2-6-12-27)13-14-31-22-9-10-24-20(15-22)16-25(34-24)26-28-19-33-29-26/h1,3-4,7-10,15-16,19,23H,2,5-6,11-14,17-18H2/t23-/m0/s1. The topological polar surface area (TPSA) is 83.0 Å². The molecule has 6 rings (SSSR count). The molecule has 182 valence electrons. The number of rotatable bonds is 8. The zero-order valence-electron chi connectivity index (χ0n) is 19.6. The first kappa shape index (κ1) is 22.1. The van der Waals surface area contributed by atoms with Gasteiger partial charge in [0.25, 0.3) is 0 Å². The summed E-state index contributed by atoms with van der Waals surface area (Å²) in [4.78, 5) is 6.51. The van der Waals surface area contributed by atoms with Gasteiger partial charge in [0, 0.05) is 18.5 Å². The van der Waals surface area contributed by atoms with Gasteiger partial charge in [-0.3, -0.25) is 4.90 Å². The van der Waals surface area contributed by atoms with E-state index in [4.69, 9.17) is 23.2 Å². The van der Waals surface area contributed by atoms with Crippen LogP contribution in [0.2, 0.25) is 0 Å². The number of ether oxygens (including phenoxy) is 3. The third kappa shape index (κ3) is 4.76. The molecule has 1 aliphatic carbocycles. The summed E-state index contributed by atoms with van der Waals surface area (Å²) in [5.74, 6) is 2.69. The minimum Gasteiger partial charge on any atom is -0.492 e. The normalized spacial score (nSPS) is 19.9. The van der Waals surface area contributed by atoms with Crippen molar-refractivity contribution in [2.24, 2.45) is 0 Å². The van der Waals surface area contributed by atoms with Gasteiger partial charge in [0.05, 0.1) is 0 Å². The van der Waals surface area contributed by atoms with Crippen molar-refractivity contribution in [3.63, 3.8) is 0 Å². The predicted octanol–water partition coefficient (Wildman–Crippen LogP) is 5.30. The highest BCUT2D eigenvalue weighted by Crippen LogP contribution is 2.40. The lowest BCUT2D eigenvalue weighted by atomic mass is 9.91. The van der Waals surface area contributed by atoms with E-state index >= 15 is 0 Å². The Labute approximate surface area is 203 Å². The molecule has 8 heteroatoms. The molecule has 8 nitrogen and oxygen atoms in total. The maximum absolute atomic E-state index is 6.64. The number of fused-ring (bicyclic) bond motifs is 1. The van der Waals surface area contributed by atoms with Crippen molar-refractivity contribution in [2.45, 2.75) is 43.9 Å². The van der Waals surface area contributed by atoms with E-state index in [-0.39, 0.29) is 11.8 Å². The molecule has 0 unspecified atom stereocenters. The van der Waals surface area contributed by atoms with E-state index < -0.39 is 0 Å². The molecular weight excluding hydrogens is 446 g/mol. The molecule has 1 atom stereocenters. The van der Waals surface area contributed by atoms with Crippen LogP contribution < -0.4 is 9.47 Å². The summed E-state index contributed by atoms with van der Waals surface area (Å²) in [5, 5.41) is 4.78. The fraction of sp³-hybridized carbons (Fsp3) is 0.407. The van der Waals surface area contributed by atoms with Crippen LogP contribution in [0.15, 0.2) is 69.9 Å². The molecule has 1 saturated carbocycles. The van der Waals surface area contributed by atoms with E-state index in [1.165, 1.54) is 25.7 Å². The lowest BCUT2D eigenvalue weighted by molar-refractivity contribution is -0.133. The van der Waals surface area contributed by atoms with Crippen molar-refractivity contribution in [1.29, 1.82) is 0 Å². The fourth-order valence-electron chi connectivity index (χ4n) is 5.23. The van der Waals surface area contributed by atoms with E-state index in [9.17, 15) is 0 Å². The average Bonchev–Trinajstić information content (AvgIpc) is 3.63. The summed E-state index contributed by atoms with van der Waals surface area (Å²) in [6, 6.07) is 17.7. The van der Waals surface area contributed by atoms with Gasteiger partial charge >= 0.3 is 0 Å². The van der Waals surface area contributed by atoms with Gasteiger partial charge in [-0.25, -0.2) is 0 Å². The summed E-state index contributed by atoms with van der Waals surface area (Å²) in [6.45, 7) is 2.80. The smallest absolute Gasteiger partial charge is 0.237 e. The van der Waals surface area contributed by atoms with Gasteiger partial charge in [0.1, 0.15) is 42.1 Å². The molecule has 0 N–H and O–H groups in total. The number of nitrogens with zero attached hydrogens (tertiary/aromatic N) is 3. The first-order valence-electron chi connectivity index (χ1n) is 12.3. The number of hydrogen-bond donors (Lipinski definition) is 0. The van der Waals surface area contributed by atoms with E-state index in [1.54, 1.807) is 0 Å². The van der Waals surface area contributed by atoms with Crippen molar-refractivity contribution >= 4 is 11.0 Å². The van der Waals surface area contributed by atoms with Gasteiger partial charge in [-0.2, -0.15) is 4.98 Å². The van der Waals surface area contributed by atoms with E-state index in [0.29, 0.717) is 24.8 Å². The van der Waals surface area contributed by atoms with Crippen LogP contribution in [0.25, 0.3) is 22.6 Å². The van der Waals surface area contributed by atoms with Gasteiger partial charge in [0.15, 0.2) is 5.76 Å². The van der Waals surface area contributed by atoms with Gasteiger partial charge in [-0.1, -0.05) is 29.8 Å². The lowest BCUT2D eigenvalue weighted by Crippen LogP contribution is -2.47. The number of para-hydroxylation sites is 1. The highest BCUT2D eigenvalue weighted by molar-refractivity contribution is 5.83. The van der Waals surface area contributed by atoms with Crippen molar-refractivity contribution in [3.05, 3.63) is 61.0 Å². The SMILES string of the molecule is c1ccc(OC[C@@H]2CN(CCOc3ccc4oc(-c5ncon5)cc4c3)C3(CCCCC3)O2)cc1. The lowest BCUT2D eigenvalue weighted by Gasteiger charge is -2.40. The van der Waals surface area contributed by atoms with Crippen LogP contribution in [0, 0.1) is 0 Å². The Kier molecular flexibility index (Phi) is 6.14. The molecule has 0 amide bonds. The Hall–Kier alpha value is -3.36. The largest absolute Gasteiger partial charge is 0.492 e. The molecule has 1 aliphatic heterocycles. The minimum absolute atomic E-state index is 0.0548. The number of hydrogen-bond acceptors (Lipinski definition) is 8. The fourth-order valence-corrected chi connectivity index (χ4v) is 5.23. The second-order valence-electron chi connectivity index (χ2n) is 9.23. The van der Waals surface area contributed by atoms with Crippen molar-refractivity contribution in [3.8, 4) is 23.1 Å². The van der Waals surface area contributed by atoms with E-state index in [2.05, 4.69) is 15.0 Å². The molecule has 35 heavy (non-hydrogen) atoms. The highest BCUT2D eigenvalue weighted by Gasteiger charge is 2.47. The van der Waals surface area contributed by atoms with Crippen LogP contribution >= 0.6 is 0 Å². The van der Waals surface area contributed by atoms with Gasteiger partial charge < -0.3 is 23.2 Å². The molecule has 1 spiro atoms. The summed E-state index contributed by atoms with van der Waals surface area (Å²) in [5.41, 5.74) is 0.563. The Morgan fingerprint density at radius 3 is 2.69 bits per heavy atom. The molecule has 0 bridgehead atoms. The van der Waals surface area contributed by atoms with Gasteiger partial charge in [-0.05, 0) is 62.1 Å². The molecule has 2 aliphatic rings. The third-order valence-electron chi connectivity index (χ3n) is 6.90. The van der Waals surface area contributed by atoms with Crippen molar-refractivity contribution < 1.29 is 23.2 Å². The zero-order chi connectivity index (χ0) is 23.5. The monoisotopic (exact) mass is 475 g/mol. The molecule has 0 radical (unpaired) electrons. The Morgan fingerprint density at radius 2 is 1.86 bits per heavy atom. The Bertz CT molecular complexity index is 1230. The summed E-state index contributed by atoms with van der Waals surface area (Å²) in [7, 11) is 0. The van der Waals surface area contributed by atoms with Crippen molar-refractivity contribution in [2.75, 3.05) is 26.3 Å². The number of aromatic nitrogens is 2. The minimum atomic E-state index is -0.194. The molecule has 2 aromatic carbocycles. The van der Waals surface area contributed by atoms with Crippen LogP contribution in [-0.2, 0) is 4.74 Å². The summed E-state index contributed by atoms with van der Waals surface area (Å²) in [6.07, 6.45) is 7.14. The van der Waals surface area contributed by atoms with Crippen LogP contribution in [0.4, 0.5) is 0 Å². The predicted molar refractivity (Wildman–Crippen MR) is 129 cm³/mol. The van der Waals surface area contributed by atoms with Crippen LogP contribution in [0.1, 0.15) is 32.1 Å². The van der Waals surface area contributed by atoms with Crippen LogP contribution in [-0.4, -0.2) is 53.2 Å². The van der Waals surface area contributed by atoms with Crippen molar-refractivity contribution in [1.82, 2.24) is 15.0 Å². The molecule has 1 saturated heterocycles. The quantitative estimate of drug-likeness (QED) is 0.339. The van der Waals surface area contributed by atoms with Crippen LogP contribution in [0.3, 0.4) is 0 Å². The van der Waals surface area contributed by atoms with Gasteiger partial charge in [-0.15, -0.1) is 0 Å². The van der Waals surface area contributed by atoms with E-state index in [0.717, 1.165) is 48.4 Å². The summed E-state index contributed by atoms with van der Waals surface area (Å²) < 4.78 is 29.4. The highest BCUT2D eigenvalue weighted by atomic mass is 16.6. The second-order valence-corrected chi connectivity index (χ2v) is 9.23. The third-order valence-corrected chi connectivity index (χ3v) is 6.90. The van der Waals surface area contributed by atoms with Gasteiger partial charge in [0.2, 0.25) is 12.2 Å². The summed E-state index contributed by atoms with van der Waals surface area (Å²) >= 11 is 0. The first-order chi connectivity index (χ1) is 17.3. The van der Waals surface area contributed by atoms with E-state index in [1.807, 2.05) is 54.6 Å². The molecule has 2 aromatic heterocycles. The molecule has 2 fully saturated rings. The molecular formula is C27H29N3O5. The maximum Gasteiger partial charge on any atom is 0.237 e. The number of furan rings is 1. The Balaban J connectivity index is 1.09. The zero-order valence-corrected chi connectivity index (χ0v) is 19.6. The first-order valence-corrected chi connectivity index (χ1v) is 12.3. The maximum atomic E-state index is 6.64. The second kappa shape index (κ2) is 9.71. The number of benzene rings is 2. The Morgan fingerprint density at radius 1 is 0.971 bits per heavy atom. The average molecular weight is 476 g/mol. The molecule has 4 aromatic rings. The van der Waals surface area contributed by atoms with Crippen LogP contribution in [0.5, 0.6) is 11.5 Å². The molecule has 3 heterocycles.